The minimum Gasteiger partial charge on any atom is -0.351 e. The van der Waals surface area contributed by atoms with Crippen molar-refractivity contribution in [3.8, 4) is 0 Å². The second-order valence-corrected chi connectivity index (χ2v) is 3.67. The molecule has 0 aliphatic rings. The van der Waals surface area contributed by atoms with E-state index >= 15 is 0 Å². The second-order valence-electron chi connectivity index (χ2n) is 3.67. The molecule has 0 aromatic rings. The van der Waals surface area contributed by atoms with Crippen LogP contribution in [0.3, 0.4) is 0 Å². The van der Waals surface area contributed by atoms with Gasteiger partial charge in [0.1, 0.15) is 0 Å². The van der Waals surface area contributed by atoms with Crippen molar-refractivity contribution in [2.75, 3.05) is 13.1 Å². The van der Waals surface area contributed by atoms with Crippen LogP contribution in [0.5, 0.6) is 0 Å². The molecule has 0 bridgehead atoms. The van der Waals surface area contributed by atoms with Crippen molar-refractivity contribution in [3.63, 3.8) is 0 Å². The van der Waals surface area contributed by atoms with Crippen molar-refractivity contribution in [1.29, 1.82) is 0 Å². The molecule has 1 amide bonds. The number of hydrogen-bond acceptors (Lipinski definition) is 2. The molecule has 0 aliphatic carbocycles. The highest BCUT2D eigenvalue weighted by Crippen LogP contribution is 2.00. The molecule has 90 valence electrons. The van der Waals surface area contributed by atoms with E-state index in [1.54, 1.807) is 6.92 Å². The molecule has 0 saturated carbocycles. The van der Waals surface area contributed by atoms with Crippen molar-refractivity contribution < 1.29 is 4.79 Å². The van der Waals surface area contributed by atoms with E-state index in [-0.39, 0.29) is 5.91 Å². The minimum absolute atomic E-state index is 0.0181. The van der Waals surface area contributed by atoms with E-state index in [1.165, 1.54) is 12.8 Å². The van der Waals surface area contributed by atoms with Gasteiger partial charge in [-0.25, -0.2) is 0 Å². The Kier molecular flexibility index (Phi) is 12.4. The summed E-state index contributed by atoms with van der Waals surface area (Å²) in [7, 11) is 0. The average Bonchev–Trinajstić information content (AvgIpc) is 2.24. The quantitative estimate of drug-likeness (QED) is 0.705. The summed E-state index contributed by atoms with van der Waals surface area (Å²) >= 11 is 0. The molecule has 0 aromatic heterocycles. The van der Waals surface area contributed by atoms with Crippen LogP contribution in [-0.4, -0.2) is 19.0 Å². The topological polar surface area (TPSA) is 55.1 Å². The monoisotopic (exact) mass is 214 g/mol. The molecule has 0 heterocycles. The Hall–Kier alpha value is -0.830. The first-order valence-electron chi connectivity index (χ1n) is 5.63. The summed E-state index contributed by atoms with van der Waals surface area (Å²) in [5.74, 6) is -0.0181. The second kappa shape index (κ2) is 11.2. The Bertz CT molecular complexity index is 192. The molecular formula is C12H26N2O. The summed E-state index contributed by atoms with van der Waals surface area (Å²) in [6.07, 6.45) is 2.64. The fourth-order valence-corrected chi connectivity index (χ4v) is 0.545. The Morgan fingerprint density at radius 3 is 1.87 bits per heavy atom. The molecule has 0 rings (SSSR count). The number of carbonyl (C=O) groups is 1. The van der Waals surface area contributed by atoms with E-state index in [0.717, 1.165) is 11.1 Å². The first kappa shape index (κ1) is 16.6. The zero-order valence-electron chi connectivity index (χ0n) is 10.8. The lowest BCUT2D eigenvalue weighted by Gasteiger charge is -2.04. The van der Waals surface area contributed by atoms with Crippen molar-refractivity contribution in [2.45, 2.75) is 47.5 Å². The molecule has 15 heavy (non-hydrogen) atoms. The summed E-state index contributed by atoms with van der Waals surface area (Å²) < 4.78 is 0. The number of allylic oxidation sites excluding steroid dienone is 1. The van der Waals surface area contributed by atoms with Crippen LogP contribution in [0.15, 0.2) is 11.1 Å². The fourth-order valence-electron chi connectivity index (χ4n) is 0.545. The van der Waals surface area contributed by atoms with Crippen molar-refractivity contribution in [2.24, 2.45) is 5.73 Å². The lowest BCUT2D eigenvalue weighted by atomic mass is 10.2. The van der Waals surface area contributed by atoms with Crippen LogP contribution in [0.25, 0.3) is 0 Å². The molecule has 3 N–H and O–H groups in total. The van der Waals surface area contributed by atoms with Gasteiger partial charge >= 0.3 is 0 Å². The van der Waals surface area contributed by atoms with Gasteiger partial charge in [0, 0.05) is 18.7 Å². The largest absolute Gasteiger partial charge is 0.351 e. The predicted molar refractivity (Wildman–Crippen MR) is 66.7 cm³/mol. The number of unbranched alkanes of at least 4 members (excludes halogenated alkanes) is 1. The highest BCUT2D eigenvalue weighted by atomic mass is 16.1. The van der Waals surface area contributed by atoms with Crippen LogP contribution in [0.4, 0.5) is 0 Å². The van der Waals surface area contributed by atoms with Crippen LogP contribution in [-0.2, 0) is 4.79 Å². The van der Waals surface area contributed by atoms with E-state index in [9.17, 15) is 4.79 Å². The van der Waals surface area contributed by atoms with E-state index in [2.05, 4.69) is 19.2 Å². The van der Waals surface area contributed by atoms with Crippen molar-refractivity contribution >= 4 is 5.91 Å². The Labute approximate surface area is 94.1 Å². The third-order valence-electron chi connectivity index (χ3n) is 2.02. The van der Waals surface area contributed by atoms with Gasteiger partial charge < -0.3 is 11.1 Å². The SMILES string of the molecule is CC(C)=C(C)C(=O)NCCN.CCCC. The molecule has 0 aromatic carbocycles. The molecule has 3 heteroatoms. The normalized spacial score (nSPS) is 8.67. The number of hydrogen-bond donors (Lipinski definition) is 2. The third kappa shape index (κ3) is 11.1. The van der Waals surface area contributed by atoms with E-state index in [1.807, 2.05) is 13.8 Å². The van der Waals surface area contributed by atoms with Gasteiger partial charge in [-0.2, -0.15) is 0 Å². The van der Waals surface area contributed by atoms with Gasteiger partial charge in [0.2, 0.25) is 5.91 Å². The molecule has 0 unspecified atom stereocenters. The van der Waals surface area contributed by atoms with Gasteiger partial charge in [-0.15, -0.1) is 0 Å². The van der Waals surface area contributed by atoms with E-state index in [0.29, 0.717) is 13.1 Å². The maximum absolute atomic E-state index is 11.1. The number of rotatable bonds is 4. The Morgan fingerprint density at radius 2 is 1.60 bits per heavy atom. The summed E-state index contributed by atoms with van der Waals surface area (Å²) in [4.78, 5) is 11.1. The lowest BCUT2D eigenvalue weighted by Crippen LogP contribution is -2.29. The zero-order chi connectivity index (χ0) is 12.3. The maximum Gasteiger partial charge on any atom is 0.246 e. The van der Waals surface area contributed by atoms with Gasteiger partial charge in [0.25, 0.3) is 0 Å². The first-order valence-corrected chi connectivity index (χ1v) is 5.63. The summed E-state index contributed by atoms with van der Waals surface area (Å²) in [5.41, 5.74) is 7.04. The lowest BCUT2D eigenvalue weighted by molar-refractivity contribution is -0.117. The molecule has 0 saturated heterocycles. The predicted octanol–water partition coefficient (Wildman–Crippen LogP) is 2.22. The first-order chi connectivity index (χ1) is 7.01. The highest BCUT2D eigenvalue weighted by Gasteiger charge is 2.02. The molecule has 0 spiro atoms. The molecule has 0 aliphatic heterocycles. The van der Waals surface area contributed by atoms with E-state index < -0.39 is 0 Å². The average molecular weight is 214 g/mol. The van der Waals surface area contributed by atoms with Gasteiger partial charge in [0.05, 0.1) is 0 Å². The van der Waals surface area contributed by atoms with Crippen LogP contribution >= 0.6 is 0 Å². The fraction of sp³-hybridized carbons (Fsp3) is 0.750. The Morgan fingerprint density at radius 1 is 1.13 bits per heavy atom. The maximum atomic E-state index is 11.1. The summed E-state index contributed by atoms with van der Waals surface area (Å²) in [5, 5.41) is 2.69. The van der Waals surface area contributed by atoms with E-state index in [4.69, 9.17) is 5.73 Å². The minimum atomic E-state index is -0.0181. The van der Waals surface area contributed by atoms with Crippen molar-refractivity contribution in [3.05, 3.63) is 11.1 Å². The smallest absolute Gasteiger partial charge is 0.246 e. The van der Waals surface area contributed by atoms with Crippen molar-refractivity contribution in [1.82, 2.24) is 5.32 Å². The van der Waals surface area contributed by atoms with Crippen LogP contribution in [0, 0.1) is 0 Å². The molecular weight excluding hydrogens is 188 g/mol. The standard InChI is InChI=1S/C8H16N2O.C4H10/c1-6(2)7(3)8(11)10-5-4-9;1-3-4-2/h4-5,9H2,1-3H3,(H,10,11);3-4H2,1-2H3. The third-order valence-corrected chi connectivity index (χ3v) is 2.02. The number of carbonyl (C=O) groups excluding carboxylic acids is 1. The van der Waals surface area contributed by atoms with Crippen LogP contribution in [0.1, 0.15) is 47.5 Å². The number of nitrogens with one attached hydrogen (secondary N) is 1. The van der Waals surface area contributed by atoms with Gasteiger partial charge in [0.15, 0.2) is 0 Å². The number of amides is 1. The number of nitrogens with two attached hydrogens (primary N) is 1. The Balaban J connectivity index is 0. The van der Waals surface area contributed by atoms with Gasteiger partial charge in [-0.3, -0.25) is 4.79 Å². The van der Waals surface area contributed by atoms with Gasteiger partial charge in [-0.1, -0.05) is 32.3 Å². The van der Waals surface area contributed by atoms with Crippen LogP contribution < -0.4 is 11.1 Å². The van der Waals surface area contributed by atoms with Crippen LogP contribution in [0.2, 0.25) is 0 Å². The summed E-state index contributed by atoms with van der Waals surface area (Å²) in [6.45, 7) is 11.0. The molecule has 0 fully saturated rings. The molecule has 0 atom stereocenters. The molecule has 0 radical (unpaired) electrons. The summed E-state index contributed by atoms with van der Waals surface area (Å²) in [6, 6.07) is 0. The zero-order valence-corrected chi connectivity index (χ0v) is 10.8. The molecule has 3 nitrogen and oxygen atoms in total. The highest BCUT2D eigenvalue weighted by molar-refractivity contribution is 5.93. The van der Waals surface area contributed by atoms with Gasteiger partial charge in [-0.05, 0) is 20.8 Å².